The summed E-state index contributed by atoms with van der Waals surface area (Å²) in [7, 11) is 2.03. The van der Waals surface area contributed by atoms with Gasteiger partial charge in [0.25, 0.3) is 0 Å². The number of unbranched alkanes of at least 4 members (excludes halogenated alkanes) is 1. The summed E-state index contributed by atoms with van der Waals surface area (Å²) < 4.78 is 0. The van der Waals surface area contributed by atoms with Gasteiger partial charge in [-0.3, -0.25) is 0 Å². The highest BCUT2D eigenvalue weighted by molar-refractivity contribution is 5.85. The number of terminal acetylenes is 1. The molecule has 0 aromatic heterocycles. The number of hydrogen-bond acceptors (Lipinski definition) is 1. The second kappa shape index (κ2) is 6.97. The molecule has 2 aromatic carbocycles. The fourth-order valence-electron chi connectivity index (χ4n) is 2.53. The van der Waals surface area contributed by atoms with Gasteiger partial charge in [-0.2, -0.15) is 0 Å². The molecular weight excluding hydrogens is 230 g/mol. The number of likely N-dealkylation sites (N-methyl/N-ethyl adjacent to an activating group) is 1. The van der Waals surface area contributed by atoms with E-state index in [1.807, 2.05) is 7.05 Å². The molecule has 1 atom stereocenters. The minimum Gasteiger partial charge on any atom is -0.317 e. The SMILES string of the molecule is C#CCCCC(Cc1cccc2ccccc12)NC. The predicted octanol–water partition coefficient (Wildman–Crippen LogP) is 3.77. The molecule has 0 amide bonds. The average Bonchev–Trinajstić information content (AvgIpc) is 2.46. The van der Waals surface area contributed by atoms with E-state index in [9.17, 15) is 0 Å². The summed E-state index contributed by atoms with van der Waals surface area (Å²) >= 11 is 0. The van der Waals surface area contributed by atoms with E-state index in [4.69, 9.17) is 6.42 Å². The van der Waals surface area contributed by atoms with Gasteiger partial charge in [0.15, 0.2) is 0 Å². The second-order valence-electron chi connectivity index (χ2n) is 4.92. The van der Waals surface area contributed by atoms with E-state index < -0.39 is 0 Å². The van der Waals surface area contributed by atoms with Crippen molar-refractivity contribution in [3.05, 3.63) is 48.0 Å². The lowest BCUT2D eigenvalue weighted by Crippen LogP contribution is -2.27. The molecule has 1 unspecified atom stereocenters. The van der Waals surface area contributed by atoms with Crippen LogP contribution in [0.3, 0.4) is 0 Å². The van der Waals surface area contributed by atoms with Crippen molar-refractivity contribution in [3.63, 3.8) is 0 Å². The summed E-state index contributed by atoms with van der Waals surface area (Å²) in [6.07, 6.45) is 9.46. The molecule has 0 saturated heterocycles. The Balaban J connectivity index is 2.13. The molecule has 1 nitrogen and oxygen atoms in total. The smallest absolute Gasteiger partial charge is 0.0105 e. The van der Waals surface area contributed by atoms with Crippen LogP contribution in [-0.2, 0) is 6.42 Å². The van der Waals surface area contributed by atoms with Gasteiger partial charge in [0.05, 0.1) is 0 Å². The largest absolute Gasteiger partial charge is 0.317 e. The van der Waals surface area contributed by atoms with E-state index in [-0.39, 0.29) is 0 Å². The Hall–Kier alpha value is -1.78. The van der Waals surface area contributed by atoms with Gasteiger partial charge >= 0.3 is 0 Å². The third kappa shape index (κ3) is 3.59. The molecule has 2 aromatic rings. The highest BCUT2D eigenvalue weighted by Crippen LogP contribution is 2.20. The first kappa shape index (κ1) is 13.6. The van der Waals surface area contributed by atoms with E-state index in [2.05, 4.69) is 53.7 Å². The summed E-state index contributed by atoms with van der Waals surface area (Å²) in [6, 6.07) is 15.6. The Morgan fingerprint density at radius 2 is 1.95 bits per heavy atom. The maximum atomic E-state index is 5.31. The van der Waals surface area contributed by atoms with E-state index in [0.29, 0.717) is 6.04 Å². The van der Waals surface area contributed by atoms with Crippen molar-refractivity contribution in [1.29, 1.82) is 0 Å². The lowest BCUT2D eigenvalue weighted by Gasteiger charge is -2.17. The van der Waals surface area contributed by atoms with Gasteiger partial charge < -0.3 is 5.32 Å². The van der Waals surface area contributed by atoms with Gasteiger partial charge in [-0.25, -0.2) is 0 Å². The van der Waals surface area contributed by atoms with Crippen LogP contribution in [0.1, 0.15) is 24.8 Å². The standard InChI is InChI=1S/C18H21N/c1-3-4-5-12-17(19-2)14-16-11-8-10-15-9-6-7-13-18(15)16/h1,6-11,13,17,19H,4-5,12,14H2,2H3. The fraction of sp³-hybridized carbons (Fsp3) is 0.333. The second-order valence-corrected chi connectivity index (χ2v) is 4.92. The molecule has 98 valence electrons. The van der Waals surface area contributed by atoms with Gasteiger partial charge in [0.2, 0.25) is 0 Å². The molecule has 1 heteroatoms. The molecule has 2 rings (SSSR count). The zero-order valence-corrected chi connectivity index (χ0v) is 11.5. The average molecular weight is 251 g/mol. The predicted molar refractivity (Wildman–Crippen MR) is 83.2 cm³/mol. The van der Waals surface area contributed by atoms with Gasteiger partial charge in [-0.05, 0) is 42.6 Å². The molecule has 0 radical (unpaired) electrons. The molecule has 1 N–H and O–H groups in total. The zero-order valence-electron chi connectivity index (χ0n) is 11.5. The van der Waals surface area contributed by atoms with Crippen LogP contribution in [0.15, 0.2) is 42.5 Å². The fourth-order valence-corrected chi connectivity index (χ4v) is 2.53. The van der Waals surface area contributed by atoms with Crippen LogP contribution in [0.5, 0.6) is 0 Å². The summed E-state index contributed by atoms with van der Waals surface area (Å²) in [5.74, 6) is 2.71. The number of benzene rings is 2. The molecule has 0 aliphatic carbocycles. The van der Waals surface area contributed by atoms with Crippen molar-refractivity contribution in [2.75, 3.05) is 7.05 Å². The number of rotatable bonds is 6. The van der Waals surface area contributed by atoms with E-state index in [0.717, 1.165) is 25.7 Å². The minimum absolute atomic E-state index is 0.499. The van der Waals surface area contributed by atoms with Crippen LogP contribution in [-0.4, -0.2) is 13.1 Å². The zero-order chi connectivity index (χ0) is 13.5. The summed E-state index contributed by atoms with van der Waals surface area (Å²) in [5, 5.41) is 6.09. The van der Waals surface area contributed by atoms with Gasteiger partial charge in [-0.15, -0.1) is 12.3 Å². The van der Waals surface area contributed by atoms with E-state index in [1.165, 1.54) is 16.3 Å². The summed E-state index contributed by atoms with van der Waals surface area (Å²) in [6.45, 7) is 0. The molecular formula is C18H21N. The van der Waals surface area contributed by atoms with Crippen LogP contribution in [0.4, 0.5) is 0 Å². The van der Waals surface area contributed by atoms with Crippen LogP contribution < -0.4 is 5.32 Å². The van der Waals surface area contributed by atoms with Crippen molar-refractivity contribution >= 4 is 10.8 Å². The highest BCUT2D eigenvalue weighted by Gasteiger charge is 2.09. The number of hydrogen-bond donors (Lipinski definition) is 1. The van der Waals surface area contributed by atoms with Gasteiger partial charge in [0.1, 0.15) is 0 Å². The molecule has 0 fully saturated rings. The van der Waals surface area contributed by atoms with E-state index >= 15 is 0 Å². The van der Waals surface area contributed by atoms with Crippen LogP contribution in [0.2, 0.25) is 0 Å². The third-order valence-electron chi connectivity index (χ3n) is 3.63. The summed E-state index contributed by atoms with van der Waals surface area (Å²) in [4.78, 5) is 0. The maximum Gasteiger partial charge on any atom is 0.0105 e. The first-order chi connectivity index (χ1) is 9.35. The quantitative estimate of drug-likeness (QED) is 0.608. The Labute approximate surface area is 116 Å². The lowest BCUT2D eigenvalue weighted by molar-refractivity contribution is 0.507. The molecule has 0 saturated carbocycles. The van der Waals surface area contributed by atoms with Crippen LogP contribution >= 0.6 is 0 Å². The van der Waals surface area contributed by atoms with Crippen molar-refractivity contribution < 1.29 is 0 Å². The first-order valence-electron chi connectivity index (χ1n) is 6.92. The van der Waals surface area contributed by atoms with Crippen molar-refractivity contribution in [3.8, 4) is 12.3 Å². The van der Waals surface area contributed by atoms with Crippen molar-refractivity contribution in [1.82, 2.24) is 5.32 Å². The van der Waals surface area contributed by atoms with Crippen LogP contribution in [0, 0.1) is 12.3 Å². The van der Waals surface area contributed by atoms with Gasteiger partial charge in [0, 0.05) is 12.5 Å². The molecule has 19 heavy (non-hydrogen) atoms. The van der Waals surface area contributed by atoms with Crippen molar-refractivity contribution in [2.45, 2.75) is 31.7 Å². The third-order valence-corrected chi connectivity index (χ3v) is 3.63. The molecule has 0 aliphatic heterocycles. The molecule has 0 heterocycles. The Bertz CT molecular complexity index is 560. The Kier molecular flexibility index (Phi) is 5.01. The minimum atomic E-state index is 0.499. The monoisotopic (exact) mass is 251 g/mol. The molecule has 0 spiro atoms. The summed E-state index contributed by atoms with van der Waals surface area (Å²) in [5.41, 5.74) is 1.41. The number of nitrogens with one attached hydrogen (secondary N) is 1. The van der Waals surface area contributed by atoms with E-state index in [1.54, 1.807) is 0 Å². The van der Waals surface area contributed by atoms with Gasteiger partial charge in [-0.1, -0.05) is 42.5 Å². The van der Waals surface area contributed by atoms with Crippen LogP contribution in [0.25, 0.3) is 10.8 Å². The highest BCUT2D eigenvalue weighted by atomic mass is 14.9. The topological polar surface area (TPSA) is 12.0 Å². The first-order valence-corrected chi connectivity index (χ1v) is 6.92. The Morgan fingerprint density at radius 1 is 1.16 bits per heavy atom. The lowest BCUT2D eigenvalue weighted by atomic mass is 9.96. The van der Waals surface area contributed by atoms with Crippen molar-refractivity contribution in [2.24, 2.45) is 0 Å². The Morgan fingerprint density at radius 3 is 2.74 bits per heavy atom. The maximum absolute atomic E-state index is 5.31. The molecule has 0 aliphatic rings. The normalized spacial score (nSPS) is 12.2. The number of fused-ring (bicyclic) bond motifs is 1. The molecule has 0 bridgehead atoms.